The summed E-state index contributed by atoms with van der Waals surface area (Å²) in [5.41, 5.74) is 1.62. The van der Waals surface area contributed by atoms with Crippen LogP contribution < -0.4 is 5.32 Å². The van der Waals surface area contributed by atoms with E-state index >= 15 is 0 Å². The minimum Gasteiger partial charge on any atom is -0.378 e. The van der Waals surface area contributed by atoms with Gasteiger partial charge in [0.05, 0.1) is 6.04 Å². The average molecular weight is 266 g/mol. The summed E-state index contributed by atoms with van der Waals surface area (Å²) in [7, 11) is 0. The van der Waals surface area contributed by atoms with Gasteiger partial charge in [0.25, 0.3) is 0 Å². The molecule has 3 rings (SSSR count). The first kappa shape index (κ1) is 12.6. The van der Waals surface area contributed by atoms with Crippen LogP contribution in [0, 0.1) is 5.82 Å². The van der Waals surface area contributed by atoms with Crippen molar-refractivity contribution in [1.82, 2.24) is 4.98 Å². The van der Waals surface area contributed by atoms with Crippen LogP contribution in [0.2, 0.25) is 0 Å². The molecule has 20 heavy (non-hydrogen) atoms. The fourth-order valence-electron chi connectivity index (χ4n) is 2.38. The molecular formula is C17H15FN2. The Labute approximate surface area is 117 Å². The minimum absolute atomic E-state index is 0.109. The Kier molecular flexibility index (Phi) is 3.33. The summed E-state index contributed by atoms with van der Waals surface area (Å²) in [4.78, 5) is 4.16. The molecule has 1 N–H and O–H groups in total. The highest BCUT2D eigenvalue weighted by Gasteiger charge is 2.11. The van der Waals surface area contributed by atoms with Crippen LogP contribution in [0.5, 0.6) is 0 Å². The number of rotatable bonds is 3. The number of nitrogens with zero attached hydrogens (tertiary/aromatic N) is 1. The maximum absolute atomic E-state index is 13.8. The van der Waals surface area contributed by atoms with Crippen molar-refractivity contribution in [1.29, 1.82) is 0 Å². The minimum atomic E-state index is -0.189. The summed E-state index contributed by atoms with van der Waals surface area (Å²) in [6.45, 7) is 1.95. The van der Waals surface area contributed by atoms with Crippen LogP contribution in [0.4, 0.5) is 10.1 Å². The van der Waals surface area contributed by atoms with Gasteiger partial charge in [0.1, 0.15) is 5.82 Å². The molecule has 0 fully saturated rings. The quantitative estimate of drug-likeness (QED) is 0.752. The Morgan fingerprint density at radius 3 is 2.75 bits per heavy atom. The molecule has 0 bridgehead atoms. The van der Waals surface area contributed by atoms with Crippen LogP contribution in [0.15, 0.2) is 60.9 Å². The van der Waals surface area contributed by atoms with E-state index in [1.54, 1.807) is 18.3 Å². The SMILES string of the molecule is CC(Nc1cccc2ccncc12)c1ccccc1F. The molecule has 2 aromatic carbocycles. The van der Waals surface area contributed by atoms with Gasteiger partial charge >= 0.3 is 0 Å². The lowest BCUT2D eigenvalue weighted by molar-refractivity contribution is 0.600. The first-order valence-electron chi connectivity index (χ1n) is 6.59. The summed E-state index contributed by atoms with van der Waals surface area (Å²) in [6.07, 6.45) is 3.60. The van der Waals surface area contributed by atoms with E-state index in [4.69, 9.17) is 0 Å². The molecule has 0 aliphatic carbocycles. The predicted octanol–water partition coefficient (Wildman–Crippen LogP) is 4.55. The van der Waals surface area contributed by atoms with Gasteiger partial charge in [0, 0.05) is 29.0 Å². The van der Waals surface area contributed by atoms with Crippen LogP contribution >= 0.6 is 0 Å². The molecule has 100 valence electrons. The fraction of sp³-hybridized carbons (Fsp3) is 0.118. The van der Waals surface area contributed by atoms with Gasteiger partial charge in [0.15, 0.2) is 0 Å². The van der Waals surface area contributed by atoms with Gasteiger partial charge in [-0.05, 0) is 30.5 Å². The van der Waals surface area contributed by atoms with E-state index in [0.29, 0.717) is 5.56 Å². The lowest BCUT2D eigenvalue weighted by Gasteiger charge is -2.17. The number of aromatic nitrogens is 1. The number of benzene rings is 2. The fourth-order valence-corrected chi connectivity index (χ4v) is 2.38. The van der Waals surface area contributed by atoms with Gasteiger partial charge in [-0.3, -0.25) is 4.98 Å². The van der Waals surface area contributed by atoms with Crippen molar-refractivity contribution in [3.05, 3.63) is 72.3 Å². The molecule has 1 aromatic heterocycles. The number of hydrogen-bond acceptors (Lipinski definition) is 2. The summed E-state index contributed by atoms with van der Waals surface area (Å²) in [6, 6.07) is 14.7. The van der Waals surface area contributed by atoms with Crippen molar-refractivity contribution in [3.8, 4) is 0 Å². The molecule has 2 nitrogen and oxygen atoms in total. The Morgan fingerprint density at radius 1 is 1.05 bits per heavy atom. The maximum Gasteiger partial charge on any atom is 0.128 e. The molecule has 0 spiro atoms. The van der Waals surface area contributed by atoms with Crippen LogP contribution in [0.25, 0.3) is 10.8 Å². The van der Waals surface area contributed by atoms with E-state index < -0.39 is 0 Å². The zero-order valence-corrected chi connectivity index (χ0v) is 11.2. The molecule has 3 aromatic rings. The molecule has 0 radical (unpaired) electrons. The third-order valence-corrected chi connectivity index (χ3v) is 3.43. The summed E-state index contributed by atoms with van der Waals surface area (Å²) < 4.78 is 13.8. The zero-order valence-electron chi connectivity index (χ0n) is 11.2. The lowest BCUT2D eigenvalue weighted by Crippen LogP contribution is -2.08. The molecule has 0 amide bonds. The Bertz CT molecular complexity index is 734. The van der Waals surface area contributed by atoms with Crippen LogP contribution in [-0.2, 0) is 0 Å². The molecule has 3 heteroatoms. The number of pyridine rings is 1. The van der Waals surface area contributed by atoms with Gasteiger partial charge in [0.2, 0.25) is 0 Å². The van der Waals surface area contributed by atoms with Crippen LogP contribution in [0.1, 0.15) is 18.5 Å². The van der Waals surface area contributed by atoms with Gasteiger partial charge in [-0.2, -0.15) is 0 Å². The maximum atomic E-state index is 13.8. The summed E-state index contributed by atoms with van der Waals surface area (Å²) in [5, 5.41) is 5.52. The van der Waals surface area contributed by atoms with Crippen molar-refractivity contribution in [2.75, 3.05) is 5.32 Å². The molecule has 0 aliphatic heterocycles. The first-order chi connectivity index (χ1) is 9.75. The second-order valence-corrected chi connectivity index (χ2v) is 4.79. The standard InChI is InChI=1S/C17H15FN2/c1-12(14-6-2-3-7-16(14)18)20-17-8-4-5-13-9-10-19-11-15(13)17/h2-12,20H,1H3. The second-order valence-electron chi connectivity index (χ2n) is 4.79. The average Bonchev–Trinajstić information content (AvgIpc) is 2.48. The van der Waals surface area contributed by atoms with E-state index in [2.05, 4.69) is 10.3 Å². The Morgan fingerprint density at radius 2 is 1.90 bits per heavy atom. The number of anilines is 1. The molecule has 1 atom stereocenters. The van der Waals surface area contributed by atoms with E-state index in [0.717, 1.165) is 16.5 Å². The smallest absolute Gasteiger partial charge is 0.128 e. The van der Waals surface area contributed by atoms with E-state index in [1.807, 2.05) is 43.5 Å². The molecule has 0 saturated carbocycles. The summed E-state index contributed by atoms with van der Waals surface area (Å²) in [5.74, 6) is -0.189. The van der Waals surface area contributed by atoms with Gasteiger partial charge in [-0.1, -0.05) is 30.3 Å². The molecular weight excluding hydrogens is 251 g/mol. The number of fused-ring (bicyclic) bond motifs is 1. The first-order valence-corrected chi connectivity index (χ1v) is 6.59. The normalized spacial score (nSPS) is 12.3. The second kappa shape index (κ2) is 5.29. The molecule has 1 heterocycles. The van der Waals surface area contributed by atoms with Crippen molar-refractivity contribution < 1.29 is 4.39 Å². The van der Waals surface area contributed by atoms with E-state index in [9.17, 15) is 4.39 Å². The van der Waals surface area contributed by atoms with Crippen LogP contribution in [0.3, 0.4) is 0 Å². The highest BCUT2D eigenvalue weighted by atomic mass is 19.1. The van der Waals surface area contributed by atoms with Gasteiger partial charge in [-0.15, -0.1) is 0 Å². The lowest BCUT2D eigenvalue weighted by atomic mass is 10.1. The Balaban J connectivity index is 1.96. The van der Waals surface area contributed by atoms with Gasteiger partial charge < -0.3 is 5.32 Å². The third-order valence-electron chi connectivity index (χ3n) is 3.43. The van der Waals surface area contributed by atoms with Crippen LogP contribution in [-0.4, -0.2) is 4.98 Å². The highest BCUT2D eigenvalue weighted by molar-refractivity contribution is 5.93. The summed E-state index contributed by atoms with van der Waals surface area (Å²) >= 11 is 0. The molecule has 1 unspecified atom stereocenters. The number of hydrogen-bond donors (Lipinski definition) is 1. The van der Waals surface area contributed by atoms with Gasteiger partial charge in [-0.25, -0.2) is 4.39 Å². The van der Waals surface area contributed by atoms with Crippen molar-refractivity contribution >= 4 is 16.5 Å². The molecule has 0 aliphatic rings. The van der Waals surface area contributed by atoms with E-state index in [-0.39, 0.29) is 11.9 Å². The third kappa shape index (κ3) is 2.35. The van der Waals surface area contributed by atoms with E-state index in [1.165, 1.54) is 6.07 Å². The molecule has 0 saturated heterocycles. The topological polar surface area (TPSA) is 24.9 Å². The van der Waals surface area contributed by atoms with Crippen molar-refractivity contribution in [2.24, 2.45) is 0 Å². The largest absolute Gasteiger partial charge is 0.378 e. The van der Waals surface area contributed by atoms with Crippen molar-refractivity contribution in [3.63, 3.8) is 0 Å². The monoisotopic (exact) mass is 266 g/mol. The Hall–Kier alpha value is -2.42. The number of halogens is 1. The van der Waals surface area contributed by atoms with Crippen molar-refractivity contribution in [2.45, 2.75) is 13.0 Å². The highest BCUT2D eigenvalue weighted by Crippen LogP contribution is 2.27. The predicted molar refractivity (Wildman–Crippen MR) is 80.2 cm³/mol. The zero-order chi connectivity index (χ0) is 13.9. The number of nitrogens with one attached hydrogen (secondary N) is 1.